The molecule has 1 N–H and O–H groups in total. The van der Waals surface area contributed by atoms with Crippen molar-refractivity contribution >= 4 is 23.2 Å². The number of ketones is 2. The highest BCUT2D eigenvalue weighted by atomic mass is 35.5. The van der Waals surface area contributed by atoms with Crippen LogP contribution in [0.5, 0.6) is 5.75 Å². The molecule has 0 amide bonds. The molecule has 0 aliphatic rings. The van der Waals surface area contributed by atoms with E-state index in [0.29, 0.717) is 27.6 Å². The summed E-state index contributed by atoms with van der Waals surface area (Å²) in [6.07, 6.45) is 1.68. The summed E-state index contributed by atoms with van der Waals surface area (Å²) < 4.78 is 5.45. The first-order chi connectivity index (χ1) is 11.6. The monoisotopic (exact) mass is 339 g/mol. The van der Waals surface area contributed by atoms with Crippen LogP contribution in [0.15, 0.2) is 66.9 Å². The smallest absolute Gasteiger partial charge is 0.216 e. The lowest BCUT2D eigenvalue weighted by Crippen LogP contribution is -2.12. The van der Waals surface area contributed by atoms with E-state index in [0.717, 1.165) is 0 Å². The first-order valence-corrected chi connectivity index (χ1v) is 7.71. The Morgan fingerprint density at radius 2 is 1.54 bits per heavy atom. The number of nitrogens with one attached hydrogen (secondary N) is 1. The molecule has 120 valence electrons. The number of carbonyl (C=O) groups excluding carboxylic acids is 2. The van der Waals surface area contributed by atoms with Gasteiger partial charge in [-0.3, -0.25) is 9.59 Å². The molecule has 1 heterocycles. The third-order valence-corrected chi connectivity index (χ3v) is 3.74. The standard InChI is InChI=1S/C19H14ClNO3/c20-15-7-3-13(4-8-15)19(23)14-5-9-16(10-6-14)24-12-18(22)17-2-1-11-21-17/h1-11,21H,12H2. The minimum atomic E-state index is -0.138. The largest absolute Gasteiger partial charge is 0.485 e. The van der Waals surface area contributed by atoms with Gasteiger partial charge in [0.05, 0.1) is 5.69 Å². The topological polar surface area (TPSA) is 59.2 Å². The van der Waals surface area contributed by atoms with Gasteiger partial charge >= 0.3 is 0 Å². The Morgan fingerprint density at radius 3 is 2.12 bits per heavy atom. The molecule has 0 saturated heterocycles. The van der Waals surface area contributed by atoms with Gasteiger partial charge in [-0.15, -0.1) is 0 Å². The predicted octanol–water partition coefficient (Wildman–Crippen LogP) is 4.16. The van der Waals surface area contributed by atoms with Crippen LogP contribution in [-0.4, -0.2) is 23.2 Å². The molecule has 0 aliphatic heterocycles. The van der Waals surface area contributed by atoms with E-state index in [-0.39, 0.29) is 18.2 Å². The number of hydrogen-bond donors (Lipinski definition) is 1. The van der Waals surface area contributed by atoms with E-state index in [9.17, 15) is 9.59 Å². The van der Waals surface area contributed by atoms with E-state index in [1.54, 1.807) is 66.9 Å². The normalized spacial score (nSPS) is 10.4. The molecule has 0 spiro atoms. The van der Waals surface area contributed by atoms with Crippen LogP contribution in [0, 0.1) is 0 Å². The summed E-state index contributed by atoms with van der Waals surface area (Å²) in [6, 6.07) is 16.9. The number of rotatable bonds is 6. The Labute approximate surface area is 144 Å². The molecule has 5 heteroatoms. The summed E-state index contributed by atoms with van der Waals surface area (Å²) in [5.74, 6) is 0.296. The van der Waals surface area contributed by atoms with Crippen molar-refractivity contribution in [1.82, 2.24) is 4.98 Å². The second kappa shape index (κ2) is 7.15. The maximum absolute atomic E-state index is 12.3. The highest BCUT2D eigenvalue weighted by Crippen LogP contribution is 2.17. The van der Waals surface area contributed by atoms with Crippen LogP contribution in [0.2, 0.25) is 5.02 Å². The molecule has 0 atom stereocenters. The molecule has 24 heavy (non-hydrogen) atoms. The Balaban J connectivity index is 1.63. The number of benzene rings is 2. The first-order valence-electron chi connectivity index (χ1n) is 7.33. The van der Waals surface area contributed by atoms with Crippen molar-refractivity contribution in [3.63, 3.8) is 0 Å². The second-order valence-corrected chi connectivity index (χ2v) is 5.59. The van der Waals surface area contributed by atoms with E-state index in [1.165, 1.54) is 0 Å². The molecule has 2 aromatic carbocycles. The van der Waals surface area contributed by atoms with Gasteiger partial charge in [0.25, 0.3) is 0 Å². The van der Waals surface area contributed by atoms with Gasteiger partial charge in [0, 0.05) is 22.3 Å². The second-order valence-electron chi connectivity index (χ2n) is 5.16. The van der Waals surface area contributed by atoms with Crippen molar-refractivity contribution in [3.8, 4) is 5.75 Å². The fourth-order valence-electron chi connectivity index (χ4n) is 2.20. The van der Waals surface area contributed by atoms with Crippen molar-refractivity contribution < 1.29 is 14.3 Å². The van der Waals surface area contributed by atoms with Gasteiger partial charge in [0.1, 0.15) is 5.75 Å². The zero-order chi connectivity index (χ0) is 16.9. The summed E-state index contributed by atoms with van der Waals surface area (Å²) in [4.78, 5) is 27.0. The molecule has 3 rings (SSSR count). The summed E-state index contributed by atoms with van der Waals surface area (Å²) in [5.41, 5.74) is 1.61. The van der Waals surface area contributed by atoms with Gasteiger partial charge < -0.3 is 9.72 Å². The van der Waals surface area contributed by atoms with E-state index in [2.05, 4.69) is 4.98 Å². The average Bonchev–Trinajstić information content (AvgIpc) is 3.15. The molecule has 0 aliphatic carbocycles. The third-order valence-electron chi connectivity index (χ3n) is 3.49. The van der Waals surface area contributed by atoms with Crippen molar-refractivity contribution in [1.29, 1.82) is 0 Å². The Kier molecular flexibility index (Phi) is 4.77. The van der Waals surface area contributed by atoms with Crippen LogP contribution in [0.3, 0.4) is 0 Å². The zero-order valence-corrected chi connectivity index (χ0v) is 13.4. The fourth-order valence-corrected chi connectivity index (χ4v) is 2.33. The van der Waals surface area contributed by atoms with Gasteiger partial charge in [-0.2, -0.15) is 0 Å². The molecule has 0 bridgehead atoms. The van der Waals surface area contributed by atoms with E-state index in [1.807, 2.05) is 0 Å². The number of aromatic nitrogens is 1. The number of aromatic amines is 1. The van der Waals surface area contributed by atoms with Crippen molar-refractivity contribution in [2.75, 3.05) is 6.61 Å². The average molecular weight is 340 g/mol. The van der Waals surface area contributed by atoms with Crippen LogP contribution in [0.25, 0.3) is 0 Å². The molecule has 0 fully saturated rings. The minimum absolute atomic E-state index is 0.0645. The molecule has 4 nitrogen and oxygen atoms in total. The number of halogens is 1. The summed E-state index contributed by atoms with van der Waals surface area (Å²) in [6.45, 7) is -0.0645. The molecule has 0 unspecified atom stereocenters. The summed E-state index contributed by atoms with van der Waals surface area (Å²) in [5, 5.41) is 0.585. The molecular weight excluding hydrogens is 326 g/mol. The van der Waals surface area contributed by atoms with Gasteiger partial charge in [0.2, 0.25) is 5.78 Å². The van der Waals surface area contributed by atoms with Gasteiger partial charge in [0.15, 0.2) is 12.4 Å². The van der Waals surface area contributed by atoms with Gasteiger partial charge in [-0.1, -0.05) is 11.6 Å². The van der Waals surface area contributed by atoms with Crippen LogP contribution in [0.4, 0.5) is 0 Å². The van der Waals surface area contributed by atoms with Crippen LogP contribution in [-0.2, 0) is 0 Å². The Morgan fingerprint density at radius 1 is 0.917 bits per heavy atom. The summed E-state index contributed by atoms with van der Waals surface area (Å²) in [7, 11) is 0. The van der Waals surface area contributed by atoms with Gasteiger partial charge in [-0.05, 0) is 60.7 Å². The lowest BCUT2D eigenvalue weighted by Gasteiger charge is -2.06. The highest BCUT2D eigenvalue weighted by molar-refractivity contribution is 6.30. The number of Topliss-reactive ketones (excluding diaryl/α,β-unsaturated/α-hetero) is 1. The number of H-pyrrole nitrogens is 1. The maximum Gasteiger partial charge on any atom is 0.216 e. The van der Waals surface area contributed by atoms with E-state index >= 15 is 0 Å². The summed E-state index contributed by atoms with van der Waals surface area (Å²) >= 11 is 5.82. The first kappa shape index (κ1) is 16.0. The molecule has 1 aromatic heterocycles. The van der Waals surface area contributed by atoms with Gasteiger partial charge in [-0.25, -0.2) is 0 Å². The highest BCUT2D eigenvalue weighted by Gasteiger charge is 2.10. The minimum Gasteiger partial charge on any atom is -0.485 e. The van der Waals surface area contributed by atoms with Crippen molar-refractivity contribution in [2.24, 2.45) is 0 Å². The molecular formula is C19H14ClNO3. The van der Waals surface area contributed by atoms with E-state index in [4.69, 9.17) is 16.3 Å². The van der Waals surface area contributed by atoms with Crippen LogP contribution < -0.4 is 4.74 Å². The number of ether oxygens (including phenoxy) is 1. The Hall–Kier alpha value is -2.85. The van der Waals surface area contributed by atoms with E-state index < -0.39 is 0 Å². The van der Waals surface area contributed by atoms with Crippen molar-refractivity contribution in [2.45, 2.75) is 0 Å². The maximum atomic E-state index is 12.3. The lowest BCUT2D eigenvalue weighted by atomic mass is 10.0. The van der Waals surface area contributed by atoms with Crippen molar-refractivity contribution in [3.05, 3.63) is 88.7 Å². The SMILES string of the molecule is O=C(c1ccc(Cl)cc1)c1ccc(OCC(=O)c2ccc[nH]2)cc1. The third kappa shape index (κ3) is 3.73. The van der Waals surface area contributed by atoms with Crippen LogP contribution in [0.1, 0.15) is 26.4 Å². The number of carbonyl (C=O) groups is 2. The van der Waals surface area contributed by atoms with Crippen LogP contribution >= 0.6 is 11.6 Å². The Bertz CT molecular complexity index is 837. The fraction of sp³-hybridized carbons (Fsp3) is 0.0526. The molecule has 0 radical (unpaired) electrons. The zero-order valence-electron chi connectivity index (χ0n) is 12.7. The number of hydrogen-bond acceptors (Lipinski definition) is 3. The molecule has 3 aromatic rings. The lowest BCUT2D eigenvalue weighted by molar-refractivity contribution is 0.0916. The molecule has 0 saturated carbocycles. The predicted molar refractivity (Wildman–Crippen MR) is 91.9 cm³/mol. The quantitative estimate of drug-likeness (QED) is 0.686.